The van der Waals surface area contributed by atoms with E-state index in [0.29, 0.717) is 31.3 Å². The molecule has 0 atom stereocenters. The summed E-state index contributed by atoms with van der Waals surface area (Å²) in [5.41, 5.74) is 0.573. The summed E-state index contributed by atoms with van der Waals surface area (Å²) in [4.78, 5) is 15.4. The summed E-state index contributed by atoms with van der Waals surface area (Å²) in [7, 11) is 0. The lowest BCUT2D eigenvalue weighted by molar-refractivity contribution is -0.179. The molecule has 4 heteroatoms. The van der Waals surface area contributed by atoms with Crippen LogP contribution in [0, 0.1) is 34.9 Å². The lowest BCUT2D eigenvalue weighted by Crippen LogP contribution is -2.65. The SMILES string of the molecule is O=C(N1CC(O)C1)C1(Cc2cccc(F)c2)C2CC3CC(C2)CC1C3. The molecule has 4 bridgehead atoms. The Balaban J connectivity index is 1.53. The van der Waals surface area contributed by atoms with Crippen molar-refractivity contribution >= 4 is 5.91 Å². The fraction of sp³-hybridized carbons (Fsp3) is 0.667. The van der Waals surface area contributed by atoms with E-state index in [1.165, 1.54) is 12.5 Å². The van der Waals surface area contributed by atoms with E-state index in [9.17, 15) is 14.3 Å². The molecule has 3 nitrogen and oxygen atoms in total. The second-order valence-electron chi connectivity index (χ2n) is 9.02. The molecule has 1 N–H and O–H groups in total. The largest absolute Gasteiger partial charge is 0.389 e. The van der Waals surface area contributed by atoms with Crippen molar-refractivity contribution in [3.8, 4) is 0 Å². The Labute approximate surface area is 148 Å². The molecule has 0 spiro atoms. The minimum absolute atomic E-state index is 0.219. The van der Waals surface area contributed by atoms with Crippen LogP contribution in [0.25, 0.3) is 0 Å². The molecule has 6 rings (SSSR count). The van der Waals surface area contributed by atoms with Gasteiger partial charge in [0.25, 0.3) is 0 Å². The van der Waals surface area contributed by atoms with Crippen molar-refractivity contribution in [3.63, 3.8) is 0 Å². The number of likely N-dealkylation sites (tertiary alicyclic amines) is 1. The summed E-state index contributed by atoms with van der Waals surface area (Å²) < 4.78 is 13.8. The Kier molecular flexibility index (Phi) is 3.50. The molecule has 1 aromatic carbocycles. The van der Waals surface area contributed by atoms with Gasteiger partial charge in [-0.25, -0.2) is 4.39 Å². The minimum Gasteiger partial charge on any atom is -0.389 e. The fourth-order valence-corrected chi connectivity index (χ4v) is 6.64. The smallest absolute Gasteiger partial charge is 0.229 e. The predicted molar refractivity (Wildman–Crippen MR) is 92.2 cm³/mol. The Morgan fingerprint density at radius 1 is 1.12 bits per heavy atom. The highest BCUT2D eigenvalue weighted by atomic mass is 19.1. The zero-order chi connectivity index (χ0) is 17.2. The molecule has 0 aromatic heterocycles. The first kappa shape index (κ1) is 15.8. The molecule has 1 saturated heterocycles. The van der Waals surface area contributed by atoms with Gasteiger partial charge in [-0.15, -0.1) is 0 Å². The van der Waals surface area contributed by atoms with E-state index in [4.69, 9.17) is 0 Å². The molecule has 4 aliphatic carbocycles. The molecular formula is C21H26FNO2. The molecule has 1 aliphatic heterocycles. The van der Waals surface area contributed by atoms with Crippen LogP contribution in [0.4, 0.5) is 4.39 Å². The molecule has 25 heavy (non-hydrogen) atoms. The first-order valence-corrected chi connectivity index (χ1v) is 9.76. The van der Waals surface area contributed by atoms with E-state index in [-0.39, 0.29) is 23.2 Å². The number of carbonyl (C=O) groups excluding carboxylic acids is 1. The van der Waals surface area contributed by atoms with Crippen molar-refractivity contribution in [2.24, 2.45) is 29.1 Å². The van der Waals surface area contributed by atoms with Gasteiger partial charge in [0.2, 0.25) is 5.91 Å². The number of benzene rings is 1. The number of aliphatic hydroxyl groups is 1. The first-order chi connectivity index (χ1) is 12.0. The van der Waals surface area contributed by atoms with Crippen molar-refractivity contribution in [2.75, 3.05) is 13.1 Å². The van der Waals surface area contributed by atoms with Crippen LogP contribution in [0.5, 0.6) is 0 Å². The van der Waals surface area contributed by atoms with E-state index in [2.05, 4.69) is 0 Å². The Morgan fingerprint density at radius 2 is 1.76 bits per heavy atom. The summed E-state index contributed by atoms with van der Waals surface area (Å²) in [5.74, 6) is 2.45. The third-order valence-corrected chi connectivity index (χ3v) is 7.53. The summed E-state index contributed by atoms with van der Waals surface area (Å²) in [5, 5.41) is 9.68. The lowest BCUT2D eigenvalue weighted by atomic mass is 9.43. The quantitative estimate of drug-likeness (QED) is 0.916. The number of hydrogen-bond donors (Lipinski definition) is 1. The van der Waals surface area contributed by atoms with Crippen LogP contribution in [0.3, 0.4) is 0 Å². The molecule has 5 aliphatic rings. The standard InChI is InChI=1S/C21H26FNO2/c22-18-3-1-2-13(9-18)10-21(20(25)23-11-19(24)12-23)16-5-14-4-15(7-16)8-17(21)6-14/h1-3,9,14-17,19,24H,4-8,10-12H2. The minimum atomic E-state index is -0.374. The van der Waals surface area contributed by atoms with Crippen molar-refractivity contribution < 1.29 is 14.3 Å². The zero-order valence-electron chi connectivity index (χ0n) is 14.5. The average Bonchev–Trinajstić information content (AvgIpc) is 2.54. The van der Waals surface area contributed by atoms with Gasteiger partial charge in [-0.3, -0.25) is 4.79 Å². The molecule has 1 heterocycles. The van der Waals surface area contributed by atoms with Crippen LogP contribution in [-0.4, -0.2) is 35.1 Å². The third kappa shape index (κ3) is 2.37. The molecule has 134 valence electrons. The molecule has 4 saturated carbocycles. The third-order valence-electron chi connectivity index (χ3n) is 7.53. The van der Waals surface area contributed by atoms with Crippen LogP contribution in [0.2, 0.25) is 0 Å². The number of hydrogen-bond acceptors (Lipinski definition) is 2. The average molecular weight is 343 g/mol. The van der Waals surface area contributed by atoms with Crippen LogP contribution in [0.15, 0.2) is 24.3 Å². The monoisotopic (exact) mass is 343 g/mol. The van der Waals surface area contributed by atoms with Gasteiger partial charge >= 0.3 is 0 Å². The highest BCUT2D eigenvalue weighted by molar-refractivity contribution is 5.85. The van der Waals surface area contributed by atoms with E-state index in [0.717, 1.165) is 43.1 Å². The highest BCUT2D eigenvalue weighted by Crippen LogP contribution is 2.64. The van der Waals surface area contributed by atoms with Gasteiger partial charge in [0.15, 0.2) is 0 Å². The van der Waals surface area contributed by atoms with E-state index >= 15 is 0 Å². The van der Waals surface area contributed by atoms with Crippen molar-refractivity contribution in [3.05, 3.63) is 35.6 Å². The van der Waals surface area contributed by atoms with Gasteiger partial charge in [-0.2, -0.15) is 0 Å². The first-order valence-electron chi connectivity index (χ1n) is 9.76. The van der Waals surface area contributed by atoms with Gasteiger partial charge in [0, 0.05) is 13.1 Å². The number of rotatable bonds is 3. The second kappa shape index (κ2) is 5.54. The summed E-state index contributed by atoms with van der Waals surface area (Å²) in [6.45, 7) is 0.937. The van der Waals surface area contributed by atoms with Gasteiger partial charge in [-0.1, -0.05) is 12.1 Å². The summed E-state index contributed by atoms with van der Waals surface area (Å²) in [6.07, 6.45) is 6.26. The maximum Gasteiger partial charge on any atom is 0.229 e. The number of halogens is 1. The fourth-order valence-electron chi connectivity index (χ4n) is 6.64. The molecule has 0 unspecified atom stereocenters. The summed E-state index contributed by atoms with van der Waals surface area (Å²) in [6, 6.07) is 6.80. The maximum absolute atomic E-state index is 13.8. The van der Waals surface area contributed by atoms with Gasteiger partial charge in [0.1, 0.15) is 5.82 Å². The number of carbonyl (C=O) groups is 1. The highest BCUT2D eigenvalue weighted by Gasteiger charge is 2.62. The molecule has 0 radical (unpaired) electrons. The second-order valence-corrected chi connectivity index (χ2v) is 9.02. The number of nitrogens with zero attached hydrogens (tertiary/aromatic N) is 1. The topological polar surface area (TPSA) is 40.5 Å². The van der Waals surface area contributed by atoms with E-state index < -0.39 is 0 Å². The zero-order valence-corrected chi connectivity index (χ0v) is 14.5. The van der Waals surface area contributed by atoms with Gasteiger partial charge in [-0.05, 0) is 79.9 Å². The van der Waals surface area contributed by atoms with Gasteiger partial charge in [0.05, 0.1) is 11.5 Å². The Morgan fingerprint density at radius 3 is 2.32 bits per heavy atom. The van der Waals surface area contributed by atoms with E-state index in [1.54, 1.807) is 12.1 Å². The van der Waals surface area contributed by atoms with Crippen molar-refractivity contribution in [2.45, 2.75) is 44.6 Å². The van der Waals surface area contributed by atoms with Crippen LogP contribution in [0.1, 0.15) is 37.7 Å². The predicted octanol–water partition coefficient (Wildman–Crippen LogP) is 3.01. The maximum atomic E-state index is 13.8. The number of β-amino-alcohol motifs (C(OH)–C–C–N with tert-alkyl or cyclic N) is 1. The van der Waals surface area contributed by atoms with Crippen LogP contribution in [-0.2, 0) is 11.2 Å². The number of aliphatic hydroxyl groups excluding tert-OH is 1. The molecule has 5 fully saturated rings. The Hall–Kier alpha value is -1.42. The van der Waals surface area contributed by atoms with Crippen LogP contribution >= 0.6 is 0 Å². The lowest BCUT2D eigenvalue weighted by Gasteiger charge is -2.62. The normalized spacial score (nSPS) is 39.5. The van der Waals surface area contributed by atoms with E-state index in [1.807, 2.05) is 11.0 Å². The molecule has 1 amide bonds. The Bertz CT molecular complexity index is 669. The van der Waals surface area contributed by atoms with Crippen molar-refractivity contribution in [1.82, 2.24) is 4.90 Å². The molecule has 1 aromatic rings. The van der Waals surface area contributed by atoms with Crippen molar-refractivity contribution in [1.29, 1.82) is 0 Å². The summed E-state index contributed by atoms with van der Waals surface area (Å²) >= 11 is 0. The van der Waals surface area contributed by atoms with Gasteiger partial charge < -0.3 is 10.0 Å². The molecular weight excluding hydrogens is 317 g/mol. The van der Waals surface area contributed by atoms with Crippen LogP contribution < -0.4 is 0 Å². The number of amides is 1.